The molecule has 0 aliphatic heterocycles. The Hall–Kier alpha value is -0.420. The van der Waals surface area contributed by atoms with Gasteiger partial charge in [0, 0.05) is 27.8 Å². The van der Waals surface area contributed by atoms with Crippen LogP contribution in [0.5, 0.6) is 0 Å². The van der Waals surface area contributed by atoms with Crippen molar-refractivity contribution in [2.45, 2.75) is 12.5 Å². The predicted molar refractivity (Wildman–Crippen MR) is 79.8 cm³/mol. The monoisotopic (exact) mass is 389 g/mol. The zero-order chi connectivity index (χ0) is 13.1. The molecular weight excluding hydrogens is 381 g/mol. The Morgan fingerprint density at radius 2 is 2.06 bits per heavy atom. The fourth-order valence-electron chi connectivity index (χ4n) is 1.66. The molecular formula is C13H10Br2ClNO. The zero-order valence-electron chi connectivity index (χ0n) is 9.28. The van der Waals surface area contributed by atoms with Gasteiger partial charge in [-0.3, -0.25) is 4.98 Å². The number of halogens is 3. The van der Waals surface area contributed by atoms with Crippen LogP contribution < -0.4 is 0 Å². The third-order valence-electron chi connectivity index (χ3n) is 2.59. The molecule has 0 saturated heterocycles. The van der Waals surface area contributed by atoms with Crippen molar-refractivity contribution in [1.29, 1.82) is 0 Å². The van der Waals surface area contributed by atoms with Gasteiger partial charge in [-0.2, -0.15) is 0 Å². The van der Waals surface area contributed by atoms with Gasteiger partial charge in [-0.05, 0) is 35.4 Å². The molecule has 2 rings (SSSR count). The van der Waals surface area contributed by atoms with Crippen molar-refractivity contribution in [2.24, 2.45) is 0 Å². The first-order valence-electron chi connectivity index (χ1n) is 5.29. The van der Waals surface area contributed by atoms with Crippen LogP contribution in [0.1, 0.15) is 17.2 Å². The largest absolute Gasteiger partial charge is 0.388 e. The molecule has 1 aromatic carbocycles. The number of aliphatic hydroxyl groups is 1. The van der Waals surface area contributed by atoms with Gasteiger partial charge in [-0.1, -0.05) is 43.5 Å². The highest BCUT2D eigenvalue weighted by molar-refractivity contribution is 9.11. The van der Waals surface area contributed by atoms with Crippen molar-refractivity contribution in [3.63, 3.8) is 0 Å². The summed E-state index contributed by atoms with van der Waals surface area (Å²) in [4.78, 5) is 3.93. The molecule has 18 heavy (non-hydrogen) atoms. The molecule has 1 N–H and O–H groups in total. The number of rotatable bonds is 3. The van der Waals surface area contributed by atoms with Crippen molar-refractivity contribution in [3.05, 3.63) is 61.8 Å². The van der Waals surface area contributed by atoms with E-state index < -0.39 is 6.10 Å². The Balaban J connectivity index is 2.25. The van der Waals surface area contributed by atoms with E-state index in [4.69, 9.17) is 11.6 Å². The summed E-state index contributed by atoms with van der Waals surface area (Å²) in [6, 6.07) is 7.53. The van der Waals surface area contributed by atoms with Gasteiger partial charge in [0.2, 0.25) is 0 Å². The Morgan fingerprint density at radius 1 is 1.28 bits per heavy atom. The van der Waals surface area contributed by atoms with Crippen LogP contribution in [-0.2, 0) is 6.42 Å². The highest BCUT2D eigenvalue weighted by Gasteiger charge is 2.14. The first-order valence-corrected chi connectivity index (χ1v) is 7.25. The summed E-state index contributed by atoms with van der Waals surface area (Å²) in [5.41, 5.74) is 1.71. The van der Waals surface area contributed by atoms with Gasteiger partial charge in [0.25, 0.3) is 0 Å². The molecule has 0 spiro atoms. The number of benzene rings is 1. The molecule has 1 aromatic heterocycles. The molecule has 2 aromatic rings. The highest BCUT2D eigenvalue weighted by Crippen LogP contribution is 2.30. The van der Waals surface area contributed by atoms with Crippen LogP contribution in [-0.4, -0.2) is 10.1 Å². The lowest BCUT2D eigenvalue weighted by molar-refractivity contribution is 0.177. The molecule has 0 aliphatic carbocycles. The lowest BCUT2D eigenvalue weighted by Gasteiger charge is -2.14. The summed E-state index contributed by atoms with van der Waals surface area (Å²) < 4.78 is 1.81. The molecule has 0 bridgehead atoms. The lowest BCUT2D eigenvalue weighted by Crippen LogP contribution is -2.03. The number of hydrogen-bond donors (Lipinski definition) is 1. The Kier molecular flexibility index (Phi) is 4.78. The molecule has 1 atom stereocenters. The van der Waals surface area contributed by atoms with Crippen LogP contribution in [0.4, 0.5) is 0 Å². The molecule has 0 saturated carbocycles. The van der Waals surface area contributed by atoms with Gasteiger partial charge in [-0.25, -0.2) is 0 Å². The maximum Gasteiger partial charge on any atom is 0.0842 e. The Bertz CT molecular complexity index is 562. The predicted octanol–water partition coefficient (Wildman–Crippen LogP) is 4.54. The average molecular weight is 391 g/mol. The Morgan fingerprint density at radius 3 is 2.78 bits per heavy atom. The first-order chi connectivity index (χ1) is 8.58. The average Bonchev–Trinajstić information content (AvgIpc) is 2.35. The molecule has 5 heteroatoms. The van der Waals surface area contributed by atoms with Crippen molar-refractivity contribution >= 4 is 43.5 Å². The topological polar surface area (TPSA) is 33.1 Å². The molecule has 94 valence electrons. The fourth-order valence-corrected chi connectivity index (χ4v) is 2.74. The van der Waals surface area contributed by atoms with Crippen molar-refractivity contribution in [3.8, 4) is 0 Å². The van der Waals surface area contributed by atoms with E-state index in [2.05, 4.69) is 36.8 Å². The second-order valence-electron chi connectivity index (χ2n) is 3.85. The number of aliphatic hydroxyl groups excluding tert-OH is 1. The molecule has 0 aliphatic rings. The zero-order valence-corrected chi connectivity index (χ0v) is 13.2. The number of pyridine rings is 1. The molecule has 0 radical (unpaired) electrons. The second-order valence-corrected chi connectivity index (χ2v) is 6.03. The minimum absolute atomic E-state index is 0.455. The van der Waals surface area contributed by atoms with Gasteiger partial charge in [0.15, 0.2) is 0 Å². The maximum absolute atomic E-state index is 10.3. The van der Waals surface area contributed by atoms with Crippen LogP contribution in [0.2, 0.25) is 5.02 Å². The SMILES string of the molecule is OC(Cc1ccncc1Cl)c1cc(Br)ccc1Br. The Labute approximate surface area is 127 Å². The van der Waals surface area contributed by atoms with Gasteiger partial charge >= 0.3 is 0 Å². The van der Waals surface area contributed by atoms with Crippen molar-refractivity contribution in [1.82, 2.24) is 4.98 Å². The smallest absolute Gasteiger partial charge is 0.0842 e. The third kappa shape index (κ3) is 3.32. The van der Waals surface area contributed by atoms with Gasteiger partial charge in [0.05, 0.1) is 11.1 Å². The molecule has 0 amide bonds. The van der Waals surface area contributed by atoms with Crippen LogP contribution in [0.25, 0.3) is 0 Å². The van der Waals surface area contributed by atoms with E-state index in [9.17, 15) is 5.11 Å². The summed E-state index contributed by atoms with van der Waals surface area (Å²) >= 11 is 12.9. The summed E-state index contributed by atoms with van der Waals surface area (Å²) in [6.45, 7) is 0. The standard InChI is InChI=1S/C13H10Br2ClNO/c14-9-1-2-11(15)10(6-9)13(18)5-8-3-4-17-7-12(8)16/h1-4,6-7,13,18H,5H2. The minimum atomic E-state index is -0.614. The first kappa shape index (κ1) is 14.0. The van der Waals surface area contributed by atoms with E-state index in [-0.39, 0.29) is 0 Å². The summed E-state index contributed by atoms with van der Waals surface area (Å²) in [5, 5.41) is 10.8. The van der Waals surface area contributed by atoms with Crippen LogP contribution in [0, 0.1) is 0 Å². The summed E-state index contributed by atoms with van der Waals surface area (Å²) in [6.07, 6.45) is 3.09. The third-order valence-corrected chi connectivity index (χ3v) is 4.14. The molecule has 1 unspecified atom stereocenters. The number of aromatic nitrogens is 1. The van der Waals surface area contributed by atoms with E-state index in [1.807, 2.05) is 24.3 Å². The van der Waals surface area contributed by atoms with Gasteiger partial charge in [0.1, 0.15) is 0 Å². The lowest BCUT2D eigenvalue weighted by atomic mass is 10.0. The van der Waals surface area contributed by atoms with E-state index in [1.54, 1.807) is 12.4 Å². The van der Waals surface area contributed by atoms with Gasteiger partial charge < -0.3 is 5.11 Å². The van der Waals surface area contributed by atoms with E-state index in [0.29, 0.717) is 11.4 Å². The molecule has 0 fully saturated rings. The number of hydrogen-bond acceptors (Lipinski definition) is 2. The molecule has 1 heterocycles. The summed E-state index contributed by atoms with van der Waals surface area (Å²) in [7, 11) is 0. The number of nitrogens with zero attached hydrogens (tertiary/aromatic N) is 1. The van der Waals surface area contributed by atoms with Crippen molar-refractivity contribution in [2.75, 3.05) is 0 Å². The van der Waals surface area contributed by atoms with E-state index in [1.165, 1.54) is 0 Å². The maximum atomic E-state index is 10.3. The highest BCUT2D eigenvalue weighted by atomic mass is 79.9. The van der Waals surface area contributed by atoms with E-state index >= 15 is 0 Å². The second kappa shape index (κ2) is 6.15. The van der Waals surface area contributed by atoms with Crippen LogP contribution >= 0.6 is 43.5 Å². The van der Waals surface area contributed by atoms with Gasteiger partial charge in [-0.15, -0.1) is 0 Å². The normalized spacial score (nSPS) is 12.4. The van der Waals surface area contributed by atoms with Crippen LogP contribution in [0.15, 0.2) is 45.6 Å². The molecule has 2 nitrogen and oxygen atoms in total. The summed E-state index contributed by atoms with van der Waals surface area (Å²) in [5.74, 6) is 0. The van der Waals surface area contributed by atoms with E-state index in [0.717, 1.165) is 20.1 Å². The quantitative estimate of drug-likeness (QED) is 0.834. The van der Waals surface area contributed by atoms with Crippen LogP contribution in [0.3, 0.4) is 0 Å². The minimum Gasteiger partial charge on any atom is -0.388 e. The van der Waals surface area contributed by atoms with Crippen molar-refractivity contribution < 1.29 is 5.11 Å². The fraction of sp³-hybridized carbons (Fsp3) is 0.154.